The lowest BCUT2D eigenvalue weighted by atomic mass is 9.97. The number of hydrogen-bond donors (Lipinski definition) is 0. The molecule has 2 atom stereocenters. The number of halogens is 4. The van der Waals surface area contributed by atoms with Crippen molar-refractivity contribution in [2.75, 3.05) is 6.54 Å². The maximum Gasteiger partial charge on any atom is 0.434 e. The van der Waals surface area contributed by atoms with Crippen molar-refractivity contribution < 1.29 is 27.1 Å². The van der Waals surface area contributed by atoms with Gasteiger partial charge in [-0.1, -0.05) is 12.1 Å². The fourth-order valence-corrected chi connectivity index (χ4v) is 3.74. The van der Waals surface area contributed by atoms with Crippen LogP contribution in [-0.2, 0) is 6.18 Å². The second-order valence-electron chi connectivity index (χ2n) is 7.51. The zero-order valence-corrected chi connectivity index (χ0v) is 17.5. The van der Waals surface area contributed by atoms with Gasteiger partial charge in [0.2, 0.25) is 5.88 Å². The first-order chi connectivity index (χ1) is 15.8. The summed E-state index contributed by atoms with van der Waals surface area (Å²) in [6.45, 7) is 2.10. The van der Waals surface area contributed by atoms with E-state index in [1.807, 2.05) is 0 Å². The summed E-state index contributed by atoms with van der Waals surface area (Å²) < 4.78 is 58.7. The van der Waals surface area contributed by atoms with Crippen molar-refractivity contribution in [1.29, 1.82) is 0 Å². The highest BCUT2D eigenvalue weighted by molar-refractivity contribution is 6.00. The van der Waals surface area contributed by atoms with Gasteiger partial charge in [-0.2, -0.15) is 13.2 Å². The zero-order chi connectivity index (χ0) is 23.6. The summed E-state index contributed by atoms with van der Waals surface area (Å²) in [6, 6.07) is 5.36. The van der Waals surface area contributed by atoms with Gasteiger partial charge in [0.1, 0.15) is 11.9 Å². The van der Waals surface area contributed by atoms with Crippen LogP contribution in [-0.4, -0.2) is 49.4 Å². The van der Waals surface area contributed by atoms with E-state index in [1.165, 1.54) is 29.4 Å². The molecule has 7 nitrogen and oxygen atoms in total. The lowest BCUT2D eigenvalue weighted by Gasteiger charge is -2.39. The summed E-state index contributed by atoms with van der Waals surface area (Å²) in [7, 11) is 0. The molecule has 0 bridgehead atoms. The molecule has 0 spiro atoms. The smallest absolute Gasteiger partial charge is 0.434 e. The summed E-state index contributed by atoms with van der Waals surface area (Å²) in [6.07, 6.45) is 0.430. The van der Waals surface area contributed by atoms with Crippen molar-refractivity contribution in [3.8, 4) is 17.3 Å². The minimum atomic E-state index is -4.60. The van der Waals surface area contributed by atoms with Crippen molar-refractivity contribution in [2.24, 2.45) is 0 Å². The molecule has 172 valence electrons. The lowest BCUT2D eigenvalue weighted by Crippen LogP contribution is -2.51. The van der Waals surface area contributed by atoms with Crippen molar-refractivity contribution in [3.05, 3.63) is 66.1 Å². The highest BCUT2D eigenvalue weighted by Gasteiger charge is 2.36. The Morgan fingerprint density at radius 2 is 1.85 bits per heavy atom. The van der Waals surface area contributed by atoms with Gasteiger partial charge in [0.05, 0.1) is 24.0 Å². The van der Waals surface area contributed by atoms with Crippen LogP contribution in [0.15, 0.2) is 49.1 Å². The van der Waals surface area contributed by atoms with E-state index < -0.39 is 35.7 Å². The van der Waals surface area contributed by atoms with Gasteiger partial charge in [-0.15, -0.1) is 0 Å². The number of piperidine rings is 1. The van der Waals surface area contributed by atoms with E-state index in [4.69, 9.17) is 4.74 Å². The number of likely N-dealkylation sites (tertiary alicyclic amines) is 1. The predicted molar refractivity (Wildman–Crippen MR) is 109 cm³/mol. The molecule has 0 aliphatic carbocycles. The first-order valence-corrected chi connectivity index (χ1v) is 10.2. The van der Waals surface area contributed by atoms with Crippen molar-refractivity contribution in [2.45, 2.75) is 38.1 Å². The zero-order valence-electron chi connectivity index (χ0n) is 17.5. The summed E-state index contributed by atoms with van der Waals surface area (Å²) >= 11 is 0. The van der Waals surface area contributed by atoms with Crippen LogP contribution in [0, 0.1) is 5.82 Å². The Bertz CT molecular complexity index is 1130. The summed E-state index contributed by atoms with van der Waals surface area (Å²) in [5, 5.41) is 0. The SMILES string of the molecule is CC1C(Oc2cnc(C(F)(F)F)cn2)CCCN1C(=O)c1c(F)cccc1-c1ncccn1. The Morgan fingerprint density at radius 1 is 1.09 bits per heavy atom. The number of hydrogen-bond acceptors (Lipinski definition) is 6. The van der Waals surface area contributed by atoms with Gasteiger partial charge < -0.3 is 9.64 Å². The largest absolute Gasteiger partial charge is 0.471 e. The molecule has 3 heterocycles. The third-order valence-electron chi connectivity index (χ3n) is 5.40. The Morgan fingerprint density at radius 3 is 2.52 bits per heavy atom. The van der Waals surface area contributed by atoms with Crippen LogP contribution in [0.4, 0.5) is 17.6 Å². The van der Waals surface area contributed by atoms with Gasteiger partial charge in [-0.3, -0.25) is 4.79 Å². The van der Waals surface area contributed by atoms with E-state index in [2.05, 4.69) is 19.9 Å². The first-order valence-electron chi connectivity index (χ1n) is 10.2. The number of alkyl halides is 3. The maximum absolute atomic E-state index is 14.8. The minimum absolute atomic E-state index is 0.0848. The van der Waals surface area contributed by atoms with E-state index in [0.717, 1.165) is 6.20 Å². The topological polar surface area (TPSA) is 81.1 Å². The van der Waals surface area contributed by atoms with E-state index in [-0.39, 0.29) is 22.8 Å². The van der Waals surface area contributed by atoms with Gasteiger partial charge in [0, 0.05) is 24.5 Å². The number of ether oxygens (including phenoxy) is 1. The summed E-state index contributed by atoms with van der Waals surface area (Å²) in [5.74, 6) is -1.11. The van der Waals surface area contributed by atoms with E-state index in [9.17, 15) is 22.4 Å². The van der Waals surface area contributed by atoms with Gasteiger partial charge in [0.25, 0.3) is 5.91 Å². The second kappa shape index (κ2) is 9.08. The maximum atomic E-state index is 14.8. The number of carbonyl (C=O) groups excluding carboxylic acids is 1. The van der Waals surface area contributed by atoms with Gasteiger partial charge in [-0.05, 0) is 31.9 Å². The Hall–Kier alpha value is -3.63. The van der Waals surface area contributed by atoms with E-state index in [0.29, 0.717) is 25.6 Å². The molecule has 1 aliphatic heterocycles. The van der Waals surface area contributed by atoms with Crippen LogP contribution in [0.25, 0.3) is 11.4 Å². The number of amides is 1. The molecule has 0 saturated carbocycles. The second-order valence-corrected chi connectivity index (χ2v) is 7.51. The predicted octanol–water partition coefficient (Wildman–Crippen LogP) is 4.16. The third kappa shape index (κ3) is 4.76. The number of rotatable bonds is 4. The van der Waals surface area contributed by atoms with Crippen molar-refractivity contribution >= 4 is 5.91 Å². The van der Waals surface area contributed by atoms with Crippen LogP contribution in [0.3, 0.4) is 0 Å². The van der Waals surface area contributed by atoms with E-state index >= 15 is 0 Å². The Balaban J connectivity index is 1.56. The number of carbonyl (C=O) groups is 1. The number of benzene rings is 1. The van der Waals surface area contributed by atoms with Crippen molar-refractivity contribution in [3.63, 3.8) is 0 Å². The van der Waals surface area contributed by atoms with Crippen LogP contribution >= 0.6 is 0 Å². The molecule has 4 rings (SSSR count). The van der Waals surface area contributed by atoms with Crippen LogP contribution in [0.5, 0.6) is 5.88 Å². The molecule has 1 saturated heterocycles. The third-order valence-corrected chi connectivity index (χ3v) is 5.40. The van der Waals surface area contributed by atoms with Gasteiger partial charge in [-0.25, -0.2) is 24.3 Å². The fourth-order valence-electron chi connectivity index (χ4n) is 3.74. The molecule has 33 heavy (non-hydrogen) atoms. The van der Waals surface area contributed by atoms with Crippen LogP contribution < -0.4 is 4.74 Å². The summed E-state index contributed by atoms with van der Waals surface area (Å²) in [4.78, 5) is 30.2. The Kier molecular flexibility index (Phi) is 6.21. The highest BCUT2D eigenvalue weighted by Crippen LogP contribution is 2.30. The van der Waals surface area contributed by atoms with Crippen LogP contribution in [0.1, 0.15) is 35.8 Å². The molecule has 0 radical (unpaired) electrons. The standard InChI is InChI=1S/C22H19F4N5O2/c1-13-16(33-18-12-29-17(11-30-18)22(24,25)26)7-3-10-31(13)21(32)19-14(5-2-6-15(19)23)20-27-8-4-9-28-20/h2,4-6,8-9,11-13,16H,3,7,10H2,1H3. The molecule has 1 amide bonds. The molecular weight excluding hydrogens is 442 g/mol. The fraction of sp³-hybridized carbons (Fsp3) is 0.318. The average Bonchev–Trinajstić information content (AvgIpc) is 2.80. The average molecular weight is 461 g/mol. The quantitative estimate of drug-likeness (QED) is 0.543. The van der Waals surface area contributed by atoms with Gasteiger partial charge in [0.15, 0.2) is 11.5 Å². The normalized spacial score (nSPS) is 18.8. The Labute approximate surface area is 186 Å². The first kappa shape index (κ1) is 22.6. The number of nitrogens with zero attached hydrogens (tertiary/aromatic N) is 5. The molecule has 1 aliphatic rings. The molecule has 1 fully saturated rings. The molecular formula is C22H19F4N5O2. The van der Waals surface area contributed by atoms with Gasteiger partial charge >= 0.3 is 6.18 Å². The molecule has 2 unspecified atom stereocenters. The molecule has 2 aromatic heterocycles. The highest BCUT2D eigenvalue weighted by atomic mass is 19.4. The van der Waals surface area contributed by atoms with Crippen LogP contribution in [0.2, 0.25) is 0 Å². The molecule has 0 N–H and O–H groups in total. The summed E-state index contributed by atoms with van der Waals surface area (Å²) in [5.41, 5.74) is -1.01. The molecule has 1 aromatic carbocycles. The van der Waals surface area contributed by atoms with Crippen molar-refractivity contribution in [1.82, 2.24) is 24.8 Å². The number of aromatic nitrogens is 4. The molecule has 11 heteroatoms. The van der Waals surface area contributed by atoms with E-state index in [1.54, 1.807) is 19.1 Å². The lowest BCUT2D eigenvalue weighted by molar-refractivity contribution is -0.141. The molecule has 3 aromatic rings. The monoisotopic (exact) mass is 461 g/mol. The minimum Gasteiger partial charge on any atom is -0.471 e.